The van der Waals surface area contributed by atoms with E-state index >= 15 is 0 Å². The second-order valence-corrected chi connectivity index (χ2v) is 4.98. The molecule has 1 aliphatic rings. The normalized spacial score (nSPS) is 16.1. The van der Waals surface area contributed by atoms with E-state index in [-0.39, 0.29) is 36.8 Å². The van der Waals surface area contributed by atoms with Crippen LogP contribution in [0.1, 0.15) is 23.1 Å². The molecule has 2 N–H and O–H groups in total. The fourth-order valence-electron chi connectivity index (χ4n) is 2.16. The number of aryl methyl sites for hydroxylation is 1. The van der Waals surface area contributed by atoms with Crippen LogP contribution in [-0.4, -0.2) is 12.3 Å². The van der Waals surface area contributed by atoms with Gasteiger partial charge in [0.15, 0.2) is 5.78 Å². The van der Waals surface area contributed by atoms with Crippen LogP contribution >= 0.6 is 0 Å². The summed E-state index contributed by atoms with van der Waals surface area (Å²) in [6, 6.07) is 1.56. The zero-order chi connectivity index (χ0) is 17.3. The number of ketones is 1. The molecule has 0 unspecified atom stereocenters. The summed E-state index contributed by atoms with van der Waals surface area (Å²) in [6.45, 7) is 0.0670. The fourth-order valence-corrected chi connectivity index (χ4v) is 2.16. The molecule has 0 aliphatic carbocycles. The van der Waals surface area contributed by atoms with Gasteiger partial charge in [0, 0.05) is 11.8 Å². The van der Waals surface area contributed by atoms with Crippen LogP contribution in [0.15, 0.2) is 30.0 Å². The molecule has 126 valence electrons. The number of benzene rings is 1. The number of nitrogens with one attached hydrogen (secondary N) is 2. The third-order valence-electron chi connectivity index (χ3n) is 3.25. The molecule has 0 saturated heterocycles. The highest BCUT2D eigenvalue weighted by Gasteiger charge is 2.37. The molecule has 0 bridgehead atoms. The smallest absolute Gasteiger partial charge is 0.325 e. The zero-order valence-electron chi connectivity index (χ0n) is 11.6. The lowest BCUT2D eigenvalue weighted by atomic mass is 9.98. The Morgan fingerprint density at radius 2 is 1.70 bits per heavy atom. The Morgan fingerprint density at radius 1 is 1.00 bits per heavy atom. The van der Waals surface area contributed by atoms with Crippen molar-refractivity contribution in [2.75, 3.05) is 6.54 Å². The van der Waals surface area contributed by atoms with Gasteiger partial charge in [-0.15, -0.1) is 0 Å². The third kappa shape index (κ3) is 4.47. The van der Waals surface area contributed by atoms with Gasteiger partial charge in [0.1, 0.15) is 0 Å². The van der Waals surface area contributed by atoms with Crippen molar-refractivity contribution < 1.29 is 31.1 Å². The molecule has 1 aliphatic heterocycles. The molecule has 2 rings (SSSR count). The van der Waals surface area contributed by atoms with E-state index < -0.39 is 23.5 Å². The Morgan fingerprint density at radius 3 is 2.26 bits per heavy atom. The van der Waals surface area contributed by atoms with E-state index in [1.54, 1.807) is 0 Å². The lowest BCUT2D eigenvalue weighted by molar-refractivity contribution is -0.143. The number of halogens is 6. The Balaban J connectivity index is 2.26. The second kappa shape index (κ2) is 6.23. The quantitative estimate of drug-likeness (QED) is 0.832. The van der Waals surface area contributed by atoms with Crippen molar-refractivity contribution >= 4 is 5.78 Å². The first-order valence-corrected chi connectivity index (χ1v) is 6.57. The molecular weight excluding hydrogens is 326 g/mol. The van der Waals surface area contributed by atoms with Gasteiger partial charge in [-0.2, -0.15) is 26.3 Å². The first-order valence-electron chi connectivity index (χ1n) is 6.57. The van der Waals surface area contributed by atoms with Gasteiger partial charge in [-0.1, -0.05) is 6.07 Å². The highest BCUT2D eigenvalue weighted by atomic mass is 19.4. The molecular formula is C14H12F6N2O. The van der Waals surface area contributed by atoms with Crippen LogP contribution in [0.3, 0.4) is 0 Å². The van der Waals surface area contributed by atoms with Crippen molar-refractivity contribution in [1.82, 2.24) is 10.9 Å². The van der Waals surface area contributed by atoms with E-state index in [0.717, 1.165) is 6.07 Å². The molecule has 1 heterocycles. The molecule has 1 aromatic carbocycles. The number of carbonyl (C=O) groups excluding carboxylic acids is 1. The van der Waals surface area contributed by atoms with Crippen LogP contribution in [0.5, 0.6) is 0 Å². The van der Waals surface area contributed by atoms with Gasteiger partial charge in [-0.05, 0) is 30.5 Å². The summed E-state index contributed by atoms with van der Waals surface area (Å²) in [5.74, 6) is -0.234. The molecule has 1 aromatic rings. The lowest BCUT2D eigenvalue weighted by Gasteiger charge is -2.18. The first kappa shape index (κ1) is 17.3. The fraction of sp³-hybridized carbons (Fsp3) is 0.357. The Hall–Kier alpha value is -2.03. The van der Waals surface area contributed by atoms with Gasteiger partial charge < -0.3 is 5.43 Å². The molecule has 0 saturated carbocycles. The highest BCUT2D eigenvalue weighted by Crippen LogP contribution is 2.37. The minimum atomic E-state index is -4.89. The number of allylic oxidation sites excluding steroid dienone is 1. The SMILES string of the molecule is O=C1C=C(CCc2ccc(C(F)(F)F)cc2C(F)(F)F)NNC1. The van der Waals surface area contributed by atoms with Crippen molar-refractivity contribution in [3.8, 4) is 0 Å². The Bertz CT molecular complexity index is 633. The van der Waals surface area contributed by atoms with Gasteiger partial charge in [0.2, 0.25) is 0 Å². The average molecular weight is 338 g/mol. The van der Waals surface area contributed by atoms with E-state index in [9.17, 15) is 31.1 Å². The third-order valence-corrected chi connectivity index (χ3v) is 3.25. The topological polar surface area (TPSA) is 41.1 Å². The number of alkyl halides is 6. The maximum Gasteiger partial charge on any atom is 0.416 e. The summed E-state index contributed by atoms with van der Waals surface area (Å²) in [6.07, 6.45) is -8.57. The van der Waals surface area contributed by atoms with Crippen LogP contribution in [0.4, 0.5) is 26.3 Å². The Labute approximate surface area is 127 Å². The molecule has 9 heteroatoms. The van der Waals surface area contributed by atoms with Crippen LogP contribution < -0.4 is 10.9 Å². The monoisotopic (exact) mass is 338 g/mol. The largest absolute Gasteiger partial charge is 0.416 e. The maximum atomic E-state index is 13.0. The zero-order valence-corrected chi connectivity index (χ0v) is 11.6. The summed E-state index contributed by atoms with van der Waals surface area (Å²) in [5, 5.41) is 0. The van der Waals surface area contributed by atoms with Crippen LogP contribution in [0, 0.1) is 0 Å². The highest BCUT2D eigenvalue weighted by molar-refractivity contribution is 5.92. The van der Waals surface area contributed by atoms with Gasteiger partial charge in [0.05, 0.1) is 17.7 Å². The van der Waals surface area contributed by atoms with E-state index in [0.29, 0.717) is 11.8 Å². The summed E-state index contributed by atoms with van der Waals surface area (Å²) in [4.78, 5) is 11.2. The van der Waals surface area contributed by atoms with Gasteiger partial charge in [0.25, 0.3) is 0 Å². The van der Waals surface area contributed by atoms with Crippen LogP contribution in [0.25, 0.3) is 0 Å². The van der Waals surface area contributed by atoms with E-state index in [2.05, 4.69) is 10.9 Å². The molecule has 0 spiro atoms. The molecule has 3 nitrogen and oxygen atoms in total. The van der Waals surface area contributed by atoms with Crippen LogP contribution in [0.2, 0.25) is 0 Å². The molecule has 0 atom stereocenters. The van der Waals surface area contributed by atoms with E-state index in [4.69, 9.17) is 0 Å². The predicted molar refractivity (Wildman–Crippen MR) is 69.0 cm³/mol. The standard InChI is InChI=1S/C14H12F6N2O/c15-13(16,17)9-3-1-8(12(5-9)14(18,19)20)2-4-10-6-11(23)7-21-22-10/h1,3,5-6,21-22H,2,4,7H2. The lowest BCUT2D eigenvalue weighted by Crippen LogP contribution is -2.39. The summed E-state index contributed by atoms with van der Waals surface area (Å²) in [7, 11) is 0. The van der Waals surface area contributed by atoms with Crippen molar-refractivity contribution in [1.29, 1.82) is 0 Å². The molecule has 0 fully saturated rings. The number of hydrogen-bond donors (Lipinski definition) is 2. The summed E-state index contributed by atoms with van der Waals surface area (Å²) in [5.41, 5.74) is 2.66. The average Bonchev–Trinajstić information content (AvgIpc) is 2.43. The van der Waals surface area contributed by atoms with Crippen molar-refractivity contribution in [2.45, 2.75) is 25.2 Å². The Kier molecular flexibility index (Phi) is 4.69. The number of hydrazine groups is 1. The van der Waals surface area contributed by atoms with Crippen LogP contribution in [-0.2, 0) is 23.6 Å². The minimum Gasteiger partial charge on any atom is -0.325 e. The number of hydrogen-bond acceptors (Lipinski definition) is 3. The van der Waals surface area contributed by atoms with Gasteiger partial charge in [-0.25, -0.2) is 5.43 Å². The summed E-state index contributed by atoms with van der Waals surface area (Å²) >= 11 is 0. The summed E-state index contributed by atoms with van der Waals surface area (Å²) < 4.78 is 76.7. The number of rotatable bonds is 3. The van der Waals surface area contributed by atoms with Crippen molar-refractivity contribution in [3.63, 3.8) is 0 Å². The first-order chi connectivity index (χ1) is 10.6. The minimum absolute atomic E-state index is 0.0627. The molecule has 0 aromatic heterocycles. The number of carbonyl (C=O) groups is 1. The van der Waals surface area contributed by atoms with Crippen molar-refractivity contribution in [3.05, 3.63) is 46.7 Å². The molecule has 0 amide bonds. The van der Waals surface area contributed by atoms with Crippen molar-refractivity contribution in [2.24, 2.45) is 0 Å². The van der Waals surface area contributed by atoms with Gasteiger partial charge in [-0.3, -0.25) is 4.79 Å². The maximum absolute atomic E-state index is 13.0. The predicted octanol–water partition coefficient (Wildman–Crippen LogP) is 3.22. The second-order valence-electron chi connectivity index (χ2n) is 4.98. The van der Waals surface area contributed by atoms with E-state index in [1.807, 2.05) is 0 Å². The van der Waals surface area contributed by atoms with Gasteiger partial charge >= 0.3 is 12.4 Å². The van der Waals surface area contributed by atoms with E-state index in [1.165, 1.54) is 6.08 Å². The molecule has 0 radical (unpaired) electrons. The molecule has 23 heavy (non-hydrogen) atoms.